The number of nitrogens with zero attached hydrogens (tertiary/aromatic N) is 1. The Morgan fingerprint density at radius 3 is 2.72 bits per heavy atom. The summed E-state index contributed by atoms with van der Waals surface area (Å²) in [5.41, 5.74) is 2.61. The summed E-state index contributed by atoms with van der Waals surface area (Å²) in [6, 6.07) is 4.23. The first kappa shape index (κ1) is 13.5. The fourth-order valence-electron chi connectivity index (χ4n) is 2.92. The van der Waals surface area contributed by atoms with Crippen LogP contribution in [0, 0.1) is 5.92 Å². The first-order valence-electron chi connectivity index (χ1n) is 7.53. The number of aryl methyl sites for hydroxylation is 1. The predicted molar refractivity (Wildman–Crippen MR) is 76.5 cm³/mol. The number of hydrogen-bond acceptors (Lipinski definition) is 2. The van der Waals surface area contributed by atoms with E-state index in [4.69, 9.17) is 0 Å². The van der Waals surface area contributed by atoms with Crippen molar-refractivity contribution in [1.82, 2.24) is 10.3 Å². The lowest BCUT2D eigenvalue weighted by molar-refractivity contribution is 0.423. The van der Waals surface area contributed by atoms with Crippen molar-refractivity contribution in [2.24, 2.45) is 5.92 Å². The van der Waals surface area contributed by atoms with Crippen molar-refractivity contribution in [3.8, 4) is 0 Å². The Bertz CT molecular complexity index is 341. The van der Waals surface area contributed by atoms with E-state index in [0.717, 1.165) is 18.9 Å². The molecule has 2 heteroatoms. The second-order valence-corrected chi connectivity index (χ2v) is 5.45. The zero-order valence-corrected chi connectivity index (χ0v) is 11.6. The first-order chi connectivity index (χ1) is 8.90. The molecule has 18 heavy (non-hydrogen) atoms. The summed E-state index contributed by atoms with van der Waals surface area (Å²) < 4.78 is 0. The lowest BCUT2D eigenvalue weighted by atomic mass is 10.0. The van der Waals surface area contributed by atoms with Crippen LogP contribution >= 0.6 is 0 Å². The van der Waals surface area contributed by atoms with Gasteiger partial charge in [-0.05, 0) is 43.4 Å². The summed E-state index contributed by atoms with van der Waals surface area (Å²) in [5, 5.41) is 3.61. The predicted octanol–water partition coefficient (Wildman–Crippen LogP) is 3.70. The average molecular weight is 246 g/mol. The molecule has 0 atom stereocenters. The quantitative estimate of drug-likeness (QED) is 0.801. The van der Waals surface area contributed by atoms with Gasteiger partial charge in [-0.25, -0.2) is 0 Å². The van der Waals surface area contributed by atoms with Crippen LogP contribution in [0.2, 0.25) is 0 Å². The van der Waals surface area contributed by atoms with Gasteiger partial charge in [-0.1, -0.05) is 38.7 Å². The van der Waals surface area contributed by atoms with Crippen LogP contribution in [0.3, 0.4) is 0 Å². The number of aromatic nitrogens is 1. The molecule has 1 N–H and O–H groups in total. The highest BCUT2D eigenvalue weighted by Crippen LogP contribution is 2.22. The van der Waals surface area contributed by atoms with E-state index in [0.29, 0.717) is 0 Å². The summed E-state index contributed by atoms with van der Waals surface area (Å²) in [6.45, 7) is 4.30. The summed E-state index contributed by atoms with van der Waals surface area (Å²) >= 11 is 0. The van der Waals surface area contributed by atoms with Gasteiger partial charge in [-0.15, -0.1) is 0 Å². The molecule has 1 aromatic rings. The molecule has 1 saturated carbocycles. The third-order valence-electron chi connectivity index (χ3n) is 4.07. The minimum absolute atomic E-state index is 0.890. The van der Waals surface area contributed by atoms with E-state index in [1.807, 2.05) is 12.3 Å². The largest absolute Gasteiger partial charge is 0.311 e. The third kappa shape index (κ3) is 4.09. The van der Waals surface area contributed by atoms with Crippen molar-refractivity contribution in [2.75, 3.05) is 6.54 Å². The Balaban J connectivity index is 1.77. The van der Waals surface area contributed by atoms with E-state index in [-0.39, 0.29) is 0 Å². The van der Waals surface area contributed by atoms with Gasteiger partial charge >= 0.3 is 0 Å². The van der Waals surface area contributed by atoms with Crippen LogP contribution < -0.4 is 5.32 Å². The van der Waals surface area contributed by atoms with Crippen LogP contribution in [0.5, 0.6) is 0 Å². The van der Waals surface area contributed by atoms with Gasteiger partial charge in [0.25, 0.3) is 0 Å². The SMILES string of the molecule is CCc1cccnc1CNCC1CCCCCC1. The molecular formula is C16H26N2. The molecule has 1 aliphatic rings. The van der Waals surface area contributed by atoms with Gasteiger partial charge in [0.2, 0.25) is 0 Å². The van der Waals surface area contributed by atoms with Crippen molar-refractivity contribution >= 4 is 0 Å². The van der Waals surface area contributed by atoms with Crippen LogP contribution in [-0.4, -0.2) is 11.5 Å². The topological polar surface area (TPSA) is 24.9 Å². The Hall–Kier alpha value is -0.890. The molecule has 0 bridgehead atoms. The summed E-state index contributed by atoms with van der Waals surface area (Å²) in [6.07, 6.45) is 11.5. The van der Waals surface area contributed by atoms with Gasteiger partial charge in [-0.3, -0.25) is 4.98 Å². The van der Waals surface area contributed by atoms with Crippen LogP contribution in [-0.2, 0) is 13.0 Å². The average Bonchev–Trinajstić information content (AvgIpc) is 2.68. The molecular weight excluding hydrogens is 220 g/mol. The summed E-state index contributed by atoms with van der Waals surface area (Å²) in [5.74, 6) is 0.890. The van der Waals surface area contributed by atoms with E-state index < -0.39 is 0 Å². The maximum absolute atomic E-state index is 4.49. The van der Waals surface area contributed by atoms with Gasteiger partial charge in [0.15, 0.2) is 0 Å². The smallest absolute Gasteiger partial charge is 0.0573 e. The molecule has 0 radical (unpaired) electrons. The van der Waals surface area contributed by atoms with Crippen LogP contribution in [0.15, 0.2) is 18.3 Å². The second kappa shape index (κ2) is 7.52. The highest BCUT2D eigenvalue weighted by atomic mass is 14.9. The van der Waals surface area contributed by atoms with Gasteiger partial charge in [-0.2, -0.15) is 0 Å². The molecule has 0 unspecified atom stereocenters. The summed E-state index contributed by atoms with van der Waals surface area (Å²) in [4.78, 5) is 4.49. The monoisotopic (exact) mass is 246 g/mol. The number of nitrogens with one attached hydrogen (secondary N) is 1. The highest BCUT2D eigenvalue weighted by molar-refractivity contribution is 5.19. The van der Waals surface area contributed by atoms with Crippen molar-refractivity contribution in [3.63, 3.8) is 0 Å². The van der Waals surface area contributed by atoms with E-state index in [2.05, 4.69) is 23.3 Å². The molecule has 0 saturated heterocycles. The van der Waals surface area contributed by atoms with Crippen molar-refractivity contribution < 1.29 is 0 Å². The third-order valence-corrected chi connectivity index (χ3v) is 4.07. The molecule has 1 heterocycles. The van der Waals surface area contributed by atoms with E-state index in [1.165, 1.54) is 56.3 Å². The lowest BCUT2D eigenvalue weighted by Crippen LogP contribution is -2.23. The van der Waals surface area contributed by atoms with E-state index >= 15 is 0 Å². The molecule has 1 fully saturated rings. The van der Waals surface area contributed by atoms with Crippen molar-refractivity contribution in [3.05, 3.63) is 29.6 Å². The normalized spacial score (nSPS) is 17.6. The molecule has 100 valence electrons. The number of hydrogen-bond donors (Lipinski definition) is 1. The minimum Gasteiger partial charge on any atom is -0.311 e. The van der Waals surface area contributed by atoms with Gasteiger partial charge in [0.1, 0.15) is 0 Å². The van der Waals surface area contributed by atoms with Crippen molar-refractivity contribution in [1.29, 1.82) is 0 Å². The molecule has 1 aromatic heterocycles. The molecule has 2 rings (SSSR count). The second-order valence-electron chi connectivity index (χ2n) is 5.45. The van der Waals surface area contributed by atoms with E-state index in [1.54, 1.807) is 0 Å². The fraction of sp³-hybridized carbons (Fsp3) is 0.688. The number of pyridine rings is 1. The molecule has 2 nitrogen and oxygen atoms in total. The van der Waals surface area contributed by atoms with Crippen molar-refractivity contribution in [2.45, 2.75) is 58.4 Å². The molecule has 1 aliphatic carbocycles. The zero-order chi connectivity index (χ0) is 12.6. The molecule has 0 aliphatic heterocycles. The van der Waals surface area contributed by atoms with Crippen LogP contribution in [0.4, 0.5) is 0 Å². The van der Waals surface area contributed by atoms with Crippen LogP contribution in [0.25, 0.3) is 0 Å². The van der Waals surface area contributed by atoms with Gasteiger partial charge < -0.3 is 5.32 Å². The molecule has 0 aromatic carbocycles. The minimum atomic E-state index is 0.890. The van der Waals surface area contributed by atoms with Crippen LogP contribution in [0.1, 0.15) is 56.7 Å². The molecule has 0 spiro atoms. The Labute approximate surface area is 111 Å². The van der Waals surface area contributed by atoms with E-state index in [9.17, 15) is 0 Å². The maximum atomic E-state index is 4.49. The standard InChI is InChI=1S/C16H26N2/c1-2-15-10-7-11-18-16(15)13-17-12-14-8-5-3-4-6-9-14/h7,10-11,14,17H,2-6,8-9,12-13H2,1H3. The Morgan fingerprint density at radius 1 is 1.22 bits per heavy atom. The lowest BCUT2D eigenvalue weighted by Gasteiger charge is -2.15. The highest BCUT2D eigenvalue weighted by Gasteiger charge is 2.11. The Morgan fingerprint density at radius 2 is 2.00 bits per heavy atom. The zero-order valence-electron chi connectivity index (χ0n) is 11.6. The fourth-order valence-corrected chi connectivity index (χ4v) is 2.92. The summed E-state index contributed by atoms with van der Waals surface area (Å²) in [7, 11) is 0. The van der Waals surface area contributed by atoms with Gasteiger partial charge in [0, 0.05) is 12.7 Å². The first-order valence-corrected chi connectivity index (χ1v) is 7.53. The van der Waals surface area contributed by atoms with Gasteiger partial charge in [0.05, 0.1) is 5.69 Å². The number of rotatable bonds is 5. The Kier molecular flexibility index (Phi) is 5.66. The maximum Gasteiger partial charge on any atom is 0.0573 e. The molecule has 0 amide bonds.